The molecule has 0 aliphatic rings. The van der Waals surface area contributed by atoms with Crippen molar-refractivity contribution >= 4 is 11.9 Å². The highest BCUT2D eigenvalue weighted by molar-refractivity contribution is 5.77. The van der Waals surface area contributed by atoms with Crippen LogP contribution in [0.5, 0.6) is 0 Å². The van der Waals surface area contributed by atoms with Gasteiger partial charge in [-0.15, -0.1) is 0 Å². The maximum atomic E-state index is 13.2. The smallest absolute Gasteiger partial charge is 0.306 e. The monoisotopic (exact) mass is 836 g/mol. The van der Waals surface area contributed by atoms with Crippen LogP contribution in [0.15, 0.2) is 85.1 Å². The number of nitrogens with one attached hydrogen (secondary N) is 1. The van der Waals surface area contributed by atoms with Crippen LogP contribution in [0.4, 0.5) is 0 Å². The fourth-order valence-electron chi connectivity index (χ4n) is 7.08. The standard InChI is InChI=1S/C54H93NO5/c1-4-7-10-13-16-19-22-24-25-26-27-29-31-33-36-39-42-45-50(60-54(59)47-44-41-38-35-32-28-23-20-17-14-11-8-5-2)48-53(58)55-51(49-56)52(57)46-43-40-37-34-30-21-18-15-12-9-6-3/h8,11,14,16-17,19-20,23-25,28,32,35,38,50-52,56-57H,4-7,9-10,12-13,15,18,21-22,26-27,29-31,33-34,36-37,39-49H2,1-3H3,(H,55,58)/b11-8+,17-14+,19-16-,23-20-,25-24-,32-28-,38-35+. The van der Waals surface area contributed by atoms with Gasteiger partial charge in [-0.05, 0) is 70.6 Å². The zero-order chi connectivity index (χ0) is 43.8. The molecule has 0 spiro atoms. The molecule has 0 aliphatic heterocycles. The highest BCUT2D eigenvalue weighted by atomic mass is 16.5. The van der Waals surface area contributed by atoms with Crippen LogP contribution in [-0.2, 0) is 14.3 Å². The van der Waals surface area contributed by atoms with Crippen LogP contribution < -0.4 is 5.32 Å². The van der Waals surface area contributed by atoms with Gasteiger partial charge in [-0.2, -0.15) is 0 Å². The Balaban J connectivity index is 4.73. The fourth-order valence-corrected chi connectivity index (χ4v) is 7.08. The van der Waals surface area contributed by atoms with E-state index in [1.807, 2.05) is 54.7 Å². The Bertz CT molecular complexity index is 1160. The molecule has 0 aromatic carbocycles. The molecule has 0 fully saturated rings. The molecule has 344 valence electrons. The van der Waals surface area contributed by atoms with Gasteiger partial charge in [0.05, 0.1) is 25.2 Å². The van der Waals surface area contributed by atoms with Gasteiger partial charge < -0.3 is 20.3 Å². The zero-order valence-corrected chi connectivity index (χ0v) is 39.1. The number of amides is 1. The van der Waals surface area contributed by atoms with Crippen LogP contribution in [0, 0.1) is 0 Å². The lowest BCUT2D eigenvalue weighted by molar-refractivity contribution is -0.151. The zero-order valence-electron chi connectivity index (χ0n) is 39.1. The van der Waals surface area contributed by atoms with E-state index in [9.17, 15) is 19.8 Å². The molecule has 3 N–H and O–H groups in total. The molecule has 0 saturated heterocycles. The van der Waals surface area contributed by atoms with Crippen molar-refractivity contribution in [2.75, 3.05) is 6.61 Å². The summed E-state index contributed by atoms with van der Waals surface area (Å²) in [4.78, 5) is 26.1. The number of esters is 1. The second-order valence-corrected chi connectivity index (χ2v) is 16.6. The van der Waals surface area contributed by atoms with Gasteiger partial charge in [-0.25, -0.2) is 0 Å². The third-order valence-electron chi connectivity index (χ3n) is 10.8. The average Bonchev–Trinajstić information content (AvgIpc) is 3.24. The van der Waals surface area contributed by atoms with Crippen molar-refractivity contribution in [2.24, 2.45) is 0 Å². The molecule has 6 nitrogen and oxygen atoms in total. The van der Waals surface area contributed by atoms with Gasteiger partial charge in [0.1, 0.15) is 6.10 Å². The van der Waals surface area contributed by atoms with Crippen LogP contribution >= 0.6 is 0 Å². The van der Waals surface area contributed by atoms with Crippen molar-refractivity contribution in [2.45, 2.75) is 238 Å². The SMILES string of the molecule is CC/C=C/C=C/C=C\C=C/C=C/CCCC(=O)OC(CCCCCCCCC/C=C\C/C=C\CCCCC)CC(=O)NC(CO)C(O)CCCCCCCCCCCCC. The van der Waals surface area contributed by atoms with Crippen LogP contribution in [0.2, 0.25) is 0 Å². The third-order valence-corrected chi connectivity index (χ3v) is 10.8. The van der Waals surface area contributed by atoms with Crippen molar-refractivity contribution < 1.29 is 24.5 Å². The number of unbranched alkanes of at least 4 members (excludes halogenated alkanes) is 21. The predicted octanol–water partition coefficient (Wildman–Crippen LogP) is 14.8. The van der Waals surface area contributed by atoms with Crippen molar-refractivity contribution in [3.63, 3.8) is 0 Å². The Kier molecular flexibility index (Phi) is 44.8. The number of rotatable bonds is 43. The maximum absolute atomic E-state index is 13.2. The van der Waals surface area contributed by atoms with E-state index in [0.29, 0.717) is 25.7 Å². The Morgan fingerprint density at radius 1 is 0.517 bits per heavy atom. The van der Waals surface area contributed by atoms with E-state index in [1.165, 1.54) is 103 Å². The first-order valence-electron chi connectivity index (χ1n) is 24.9. The van der Waals surface area contributed by atoms with Crippen molar-refractivity contribution in [3.05, 3.63) is 85.1 Å². The van der Waals surface area contributed by atoms with E-state index >= 15 is 0 Å². The maximum Gasteiger partial charge on any atom is 0.306 e. The van der Waals surface area contributed by atoms with Crippen LogP contribution in [-0.4, -0.2) is 46.9 Å². The van der Waals surface area contributed by atoms with Gasteiger partial charge in [-0.3, -0.25) is 9.59 Å². The minimum atomic E-state index is -0.805. The van der Waals surface area contributed by atoms with E-state index in [1.54, 1.807) is 0 Å². The molecule has 0 aromatic heterocycles. The molecule has 6 heteroatoms. The van der Waals surface area contributed by atoms with Crippen LogP contribution in [0.1, 0.15) is 220 Å². The van der Waals surface area contributed by atoms with E-state index in [-0.39, 0.29) is 24.9 Å². The highest BCUT2D eigenvalue weighted by Crippen LogP contribution is 2.17. The number of hydrogen-bond donors (Lipinski definition) is 3. The lowest BCUT2D eigenvalue weighted by Crippen LogP contribution is -2.46. The summed E-state index contributed by atoms with van der Waals surface area (Å²) in [6.07, 6.45) is 60.7. The number of carbonyl (C=O) groups is 2. The van der Waals surface area contributed by atoms with Gasteiger partial charge in [0, 0.05) is 6.42 Å². The van der Waals surface area contributed by atoms with Crippen molar-refractivity contribution in [1.29, 1.82) is 0 Å². The van der Waals surface area contributed by atoms with Gasteiger partial charge in [0.2, 0.25) is 5.91 Å². The first-order valence-corrected chi connectivity index (χ1v) is 24.9. The van der Waals surface area contributed by atoms with E-state index in [4.69, 9.17) is 4.74 Å². The summed E-state index contributed by atoms with van der Waals surface area (Å²) < 4.78 is 5.88. The summed E-state index contributed by atoms with van der Waals surface area (Å²) in [5.74, 6) is -0.575. The molecule has 0 rings (SSSR count). The first kappa shape index (κ1) is 57.0. The molecule has 0 bridgehead atoms. The van der Waals surface area contributed by atoms with Crippen molar-refractivity contribution in [3.8, 4) is 0 Å². The van der Waals surface area contributed by atoms with Gasteiger partial charge >= 0.3 is 5.97 Å². The molecule has 60 heavy (non-hydrogen) atoms. The Morgan fingerprint density at radius 3 is 1.52 bits per heavy atom. The summed E-state index contributed by atoms with van der Waals surface area (Å²) >= 11 is 0. The summed E-state index contributed by atoms with van der Waals surface area (Å²) in [7, 11) is 0. The predicted molar refractivity (Wildman–Crippen MR) is 259 cm³/mol. The Labute approximate surface area is 370 Å². The normalized spacial score (nSPS) is 14.0. The molecule has 0 saturated carbocycles. The Hall–Kier alpha value is -2.96. The number of aliphatic hydroxyl groups is 2. The Morgan fingerprint density at radius 2 is 0.967 bits per heavy atom. The minimum absolute atomic E-state index is 0.0395. The number of hydrogen-bond acceptors (Lipinski definition) is 5. The summed E-state index contributed by atoms with van der Waals surface area (Å²) in [5.41, 5.74) is 0. The average molecular weight is 836 g/mol. The molecule has 3 unspecified atom stereocenters. The van der Waals surface area contributed by atoms with E-state index < -0.39 is 18.2 Å². The molecule has 0 aromatic rings. The number of aliphatic hydroxyl groups excluding tert-OH is 2. The molecule has 3 atom stereocenters. The number of carbonyl (C=O) groups excluding carboxylic acids is 2. The topological polar surface area (TPSA) is 95.9 Å². The number of allylic oxidation sites excluding steroid dienone is 14. The number of ether oxygens (including phenoxy) is 1. The van der Waals surface area contributed by atoms with Crippen LogP contribution in [0.25, 0.3) is 0 Å². The quantitative estimate of drug-likeness (QED) is 0.0246. The molecule has 0 radical (unpaired) electrons. The molecular formula is C54H93NO5. The molecule has 0 aliphatic carbocycles. The second-order valence-electron chi connectivity index (χ2n) is 16.6. The van der Waals surface area contributed by atoms with Gasteiger partial charge in [0.25, 0.3) is 0 Å². The fraction of sp³-hybridized carbons (Fsp3) is 0.704. The van der Waals surface area contributed by atoms with Crippen LogP contribution in [0.3, 0.4) is 0 Å². The second kappa shape index (κ2) is 47.1. The third kappa shape index (κ3) is 41.8. The largest absolute Gasteiger partial charge is 0.462 e. The molecular weight excluding hydrogens is 743 g/mol. The van der Waals surface area contributed by atoms with Gasteiger partial charge in [-0.1, -0.05) is 221 Å². The van der Waals surface area contributed by atoms with E-state index in [2.05, 4.69) is 56.5 Å². The molecule has 1 amide bonds. The lowest BCUT2D eigenvalue weighted by Gasteiger charge is -2.24. The first-order chi connectivity index (χ1) is 29.5. The van der Waals surface area contributed by atoms with Crippen molar-refractivity contribution in [1.82, 2.24) is 5.32 Å². The summed E-state index contributed by atoms with van der Waals surface area (Å²) in [5, 5.41) is 23.7. The minimum Gasteiger partial charge on any atom is -0.462 e. The summed E-state index contributed by atoms with van der Waals surface area (Å²) in [6, 6.07) is -0.722. The van der Waals surface area contributed by atoms with Gasteiger partial charge in [0.15, 0.2) is 0 Å². The lowest BCUT2D eigenvalue weighted by atomic mass is 10.0. The molecule has 0 heterocycles. The van der Waals surface area contributed by atoms with E-state index in [0.717, 1.165) is 64.2 Å². The highest BCUT2D eigenvalue weighted by Gasteiger charge is 2.24. The summed E-state index contributed by atoms with van der Waals surface area (Å²) in [6.45, 7) is 6.28.